The fraction of sp³-hybridized carbons (Fsp3) is 0.613. The zero-order chi connectivity index (χ0) is 40.4. The largest absolute Gasteiger partial charge is 0.616 e. The summed E-state index contributed by atoms with van der Waals surface area (Å²) in [5.74, 6) is -0.376. The number of esters is 2. The summed E-state index contributed by atoms with van der Waals surface area (Å²) < 4.78 is 51.2. The molecule has 0 spiro atoms. The van der Waals surface area contributed by atoms with Gasteiger partial charge in [0, 0.05) is 0 Å². The first-order valence-electron chi connectivity index (χ1n) is 17.3. The predicted molar refractivity (Wildman–Crippen MR) is 199 cm³/mol. The Hall–Kier alpha value is -4.40. The van der Waals surface area contributed by atoms with Crippen LogP contribution in [0.15, 0.2) is 25.3 Å². The minimum atomic E-state index is -2.86. The minimum absolute atomic E-state index is 0.114. The number of hydrogen-bond donors (Lipinski definition) is 4. The van der Waals surface area contributed by atoms with Crippen molar-refractivity contribution < 1.29 is 47.5 Å². The van der Waals surface area contributed by atoms with Crippen LogP contribution < -0.4 is 10.6 Å². The highest BCUT2D eigenvalue weighted by molar-refractivity contribution is 7.35. The zero-order valence-corrected chi connectivity index (χ0v) is 33.6. The molecule has 4 N–H and O–H groups in total. The van der Waals surface area contributed by atoms with E-state index in [0.29, 0.717) is 34.0 Å². The van der Waals surface area contributed by atoms with Crippen LogP contribution in [0.2, 0.25) is 0 Å². The summed E-state index contributed by atoms with van der Waals surface area (Å²) in [5.41, 5.74) is 2.02. The monoisotopic (exact) mass is 810 g/mol. The van der Waals surface area contributed by atoms with Crippen LogP contribution in [0.1, 0.15) is 67.5 Å². The molecule has 0 amide bonds. The highest BCUT2D eigenvalue weighted by atomic mass is 31.1. The summed E-state index contributed by atoms with van der Waals surface area (Å²) in [4.78, 5) is 70.5. The van der Waals surface area contributed by atoms with E-state index in [0.717, 1.165) is 9.34 Å². The quantitative estimate of drug-likeness (QED) is 0.0505. The molecule has 300 valence electrons. The number of ether oxygens (including phenoxy) is 4. The molecule has 4 heterocycles. The Morgan fingerprint density at radius 2 is 1.05 bits per heavy atom. The lowest BCUT2D eigenvalue weighted by atomic mass is 10.3. The van der Waals surface area contributed by atoms with E-state index in [9.17, 15) is 28.5 Å². The van der Waals surface area contributed by atoms with Crippen LogP contribution in [-0.2, 0) is 37.7 Å². The minimum Gasteiger partial charge on any atom is -0.462 e. The van der Waals surface area contributed by atoms with Gasteiger partial charge in [0.1, 0.15) is 37.1 Å². The van der Waals surface area contributed by atoms with Gasteiger partial charge in [0.15, 0.2) is 35.0 Å². The SMILES string of the molecule is CC(C)OC(=O)C(C)N(COCC(C)n1cnc2c(NCNc3ncnc4c3ncn4C(C)COCN(C(C)C(=O)OC(C)C)[P+](=O)O)ncnc21)[P+](=O)O. The van der Waals surface area contributed by atoms with Crippen LogP contribution in [0.3, 0.4) is 0 Å². The number of aromatic nitrogens is 8. The van der Waals surface area contributed by atoms with E-state index in [-0.39, 0.29) is 57.6 Å². The van der Waals surface area contributed by atoms with Crippen molar-refractivity contribution in [1.29, 1.82) is 0 Å². The molecule has 0 saturated heterocycles. The maximum Gasteiger partial charge on any atom is 0.616 e. The molecule has 0 bridgehead atoms. The van der Waals surface area contributed by atoms with E-state index in [2.05, 4.69) is 40.5 Å². The summed E-state index contributed by atoms with van der Waals surface area (Å²) in [6.07, 6.45) is 5.22. The van der Waals surface area contributed by atoms with Crippen LogP contribution in [-0.4, -0.2) is 128 Å². The van der Waals surface area contributed by atoms with E-state index < -0.39 is 40.4 Å². The van der Waals surface area contributed by atoms with Gasteiger partial charge in [-0.25, -0.2) is 29.9 Å². The number of carbonyl (C=O) groups is 2. The first kappa shape index (κ1) is 43.3. The van der Waals surface area contributed by atoms with Gasteiger partial charge in [0.2, 0.25) is 0 Å². The average molecular weight is 811 g/mol. The molecule has 0 aliphatic heterocycles. The second-order valence-corrected chi connectivity index (χ2v) is 15.1. The van der Waals surface area contributed by atoms with Gasteiger partial charge < -0.3 is 38.7 Å². The molecule has 4 rings (SSSR count). The Morgan fingerprint density at radius 3 is 1.40 bits per heavy atom. The summed E-state index contributed by atoms with van der Waals surface area (Å²) in [6.45, 7) is 13.3. The number of imidazole rings is 2. The fourth-order valence-electron chi connectivity index (χ4n) is 5.14. The standard InChI is InChI=1S/C31H46N12O10P2/c1-18(2)52-30(44)22(7)42(54(46)47)16-50-9-20(5)40-14-38-24-26(34-12-36-28(24)40)32-11-33-27-25-29(37-13-35-27)41(15-39-25)21(6)10-51-17-43(55(48)49)23(8)31(45)53-19(3)4/h12-15,18-23H,9-11,16-17H2,1-8H3,(H2-2,32,33,34,35,36,37,46,47,48,49)/p+2. The Bertz CT molecular complexity index is 1810. The summed E-state index contributed by atoms with van der Waals surface area (Å²) in [5, 5.41) is 6.37. The van der Waals surface area contributed by atoms with Crippen LogP contribution in [0, 0.1) is 0 Å². The van der Waals surface area contributed by atoms with E-state index in [4.69, 9.17) is 18.9 Å². The third kappa shape index (κ3) is 11.3. The number of carbonyl (C=O) groups excluding carboxylic acids is 2. The van der Waals surface area contributed by atoms with Crippen molar-refractivity contribution in [3.8, 4) is 0 Å². The number of nitrogens with one attached hydrogen (secondary N) is 2. The first-order chi connectivity index (χ1) is 26.1. The Morgan fingerprint density at radius 1 is 0.673 bits per heavy atom. The lowest BCUT2D eigenvalue weighted by molar-refractivity contribution is -0.153. The molecule has 0 fully saturated rings. The molecule has 6 atom stereocenters. The molecule has 0 aromatic carbocycles. The lowest BCUT2D eigenvalue weighted by Crippen LogP contribution is -2.38. The Labute approximate surface area is 318 Å². The van der Waals surface area contributed by atoms with Crippen molar-refractivity contribution in [1.82, 2.24) is 48.4 Å². The van der Waals surface area contributed by atoms with Gasteiger partial charge in [-0.05, 0) is 73.9 Å². The Kier molecular flexibility index (Phi) is 15.7. The number of anilines is 2. The summed E-state index contributed by atoms with van der Waals surface area (Å²) in [6, 6.07) is -2.57. The maximum atomic E-state index is 12.3. The topological polar surface area (TPSA) is 263 Å². The van der Waals surface area contributed by atoms with E-state index in [1.807, 2.05) is 13.8 Å². The van der Waals surface area contributed by atoms with E-state index in [1.54, 1.807) is 49.5 Å². The van der Waals surface area contributed by atoms with Gasteiger partial charge in [0.25, 0.3) is 0 Å². The van der Waals surface area contributed by atoms with Crippen molar-refractivity contribution in [2.24, 2.45) is 0 Å². The molecule has 55 heavy (non-hydrogen) atoms. The molecule has 22 nitrogen and oxygen atoms in total. The molecule has 0 aliphatic rings. The summed E-state index contributed by atoms with van der Waals surface area (Å²) in [7, 11) is -5.72. The molecule has 4 aromatic heterocycles. The molecule has 24 heteroatoms. The Balaban J connectivity index is 1.34. The number of nitrogens with zero attached hydrogens (tertiary/aromatic N) is 10. The first-order valence-corrected chi connectivity index (χ1v) is 19.7. The van der Waals surface area contributed by atoms with Crippen molar-refractivity contribution in [3.05, 3.63) is 25.3 Å². The molecule has 4 aromatic rings. The molecular weight excluding hydrogens is 762 g/mol. The van der Waals surface area contributed by atoms with Gasteiger partial charge in [-0.15, -0.1) is 9.79 Å². The van der Waals surface area contributed by atoms with Crippen LogP contribution in [0.5, 0.6) is 0 Å². The van der Waals surface area contributed by atoms with Gasteiger partial charge in [-0.3, -0.25) is 9.59 Å². The molecule has 6 unspecified atom stereocenters. The lowest BCUT2D eigenvalue weighted by Gasteiger charge is -2.19. The van der Waals surface area contributed by atoms with E-state index in [1.165, 1.54) is 26.5 Å². The fourth-order valence-corrected chi connectivity index (χ4v) is 6.28. The average Bonchev–Trinajstić information content (AvgIpc) is 3.76. The normalized spacial score (nSPS) is 14.7. The van der Waals surface area contributed by atoms with E-state index >= 15 is 0 Å². The molecule has 0 saturated carbocycles. The molecular formula is C31H48N12O10P2+2. The van der Waals surface area contributed by atoms with Crippen LogP contribution >= 0.6 is 16.4 Å². The zero-order valence-electron chi connectivity index (χ0n) is 31.8. The van der Waals surface area contributed by atoms with Gasteiger partial charge in [0.05, 0.1) is 56.8 Å². The van der Waals surface area contributed by atoms with Gasteiger partial charge >= 0.3 is 28.3 Å². The van der Waals surface area contributed by atoms with Crippen molar-refractivity contribution in [2.45, 2.75) is 91.8 Å². The smallest absolute Gasteiger partial charge is 0.462 e. The van der Waals surface area contributed by atoms with Crippen LogP contribution in [0.25, 0.3) is 22.3 Å². The summed E-state index contributed by atoms with van der Waals surface area (Å²) >= 11 is 0. The molecule has 0 radical (unpaired) electrons. The predicted octanol–water partition coefficient (Wildman–Crippen LogP) is 3.10. The second kappa shape index (κ2) is 20.0. The van der Waals surface area contributed by atoms with Gasteiger partial charge in [-0.2, -0.15) is 0 Å². The highest BCUT2D eigenvalue weighted by Crippen LogP contribution is 2.28. The number of rotatable bonds is 22. The number of hydrogen-bond acceptors (Lipinski definition) is 16. The maximum absolute atomic E-state index is 12.3. The van der Waals surface area contributed by atoms with Crippen molar-refractivity contribution >= 4 is 62.3 Å². The highest BCUT2D eigenvalue weighted by Gasteiger charge is 2.39. The number of fused-ring (bicyclic) bond motifs is 2. The van der Waals surface area contributed by atoms with Gasteiger partial charge in [-0.1, -0.05) is 0 Å². The second-order valence-electron chi connectivity index (χ2n) is 13.0. The van der Waals surface area contributed by atoms with Crippen molar-refractivity contribution in [2.75, 3.05) is 44.0 Å². The third-order valence-electron chi connectivity index (χ3n) is 8.06. The van der Waals surface area contributed by atoms with Crippen LogP contribution in [0.4, 0.5) is 11.6 Å². The van der Waals surface area contributed by atoms with Crippen molar-refractivity contribution in [3.63, 3.8) is 0 Å². The third-order valence-corrected chi connectivity index (χ3v) is 9.87. The molecule has 0 aliphatic carbocycles.